The molecule has 1 amide bonds. The first kappa shape index (κ1) is 26.6. The first-order chi connectivity index (χ1) is 17.8. The van der Waals surface area contributed by atoms with E-state index in [9.17, 15) is 4.79 Å². The minimum absolute atomic E-state index is 0.115. The molecule has 1 aliphatic rings. The first-order valence-electron chi connectivity index (χ1n) is 12.6. The molecule has 1 aliphatic heterocycles. The predicted molar refractivity (Wildman–Crippen MR) is 153 cm³/mol. The number of hydrogen-bond acceptors (Lipinski definition) is 5. The number of carbonyl (C=O) groups excluding carboxylic acids is 1. The standard InChI is InChI=1S/C30H35N3O3S/c1-21-16-22(2)29(23(3)17-21)31-28(34)20-36-26-11-10-25(18-27(26)35-4)30(37)33-14-12-32(13-15-33)19-24-8-6-5-7-9-24/h5-11,16-18H,12-15,19-20H2,1-4H3,(H,31,34). The van der Waals surface area contributed by atoms with Gasteiger partial charge in [-0.05, 0) is 55.7 Å². The van der Waals surface area contributed by atoms with E-state index in [0.717, 1.165) is 60.1 Å². The van der Waals surface area contributed by atoms with Gasteiger partial charge in [0.1, 0.15) is 4.99 Å². The third kappa shape index (κ3) is 6.87. The Morgan fingerprint density at radius 1 is 0.919 bits per heavy atom. The molecule has 7 heteroatoms. The largest absolute Gasteiger partial charge is 0.493 e. The van der Waals surface area contributed by atoms with Crippen LogP contribution in [0, 0.1) is 20.8 Å². The Kier molecular flexibility index (Phi) is 8.79. The Morgan fingerprint density at radius 3 is 2.24 bits per heavy atom. The second-order valence-electron chi connectivity index (χ2n) is 9.53. The quantitative estimate of drug-likeness (QED) is 0.418. The summed E-state index contributed by atoms with van der Waals surface area (Å²) >= 11 is 5.82. The summed E-state index contributed by atoms with van der Waals surface area (Å²) in [4.78, 5) is 18.1. The van der Waals surface area contributed by atoms with Crippen LogP contribution in [0.2, 0.25) is 0 Å². The Labute approximate surface area is 225 Å². The first-order valence-corrected chi connectivity index (χ1v) is 13.0. The summed E-state index contributed by atoms with van der Waals surface area (Å²) in [6.45, 7) is 10.5. The fourth-order valence-corrected chi connectivity index (χ4v) is 5.06. The van der Waals surface area contributed by atoms with Gasteiger partial charge in [0, 0.05) is 44.0 Å². The number of amides is 1. The summed E-state index contributed by atoms with van der Waals surface area (Å²) in [5, 5.41) is 2.97. The molecule has 3 aromatic rings. The number of hydrogen-bond donors (Lipinski definition) is 1. The molecule has 4 rings (SSSR count). The maximum Gasteiger partial charge on any atom is 0.262 e. The summed E-state index contributed by atoms with van der Waals surface area (Å²) in [6, 6.07) is 20.3. The summed E-state index contributed by atoms with van der Waals surface area (Å²) in [5.41, 5.74) is 6.30. The van der Waals surface area contributed by atoms with Crippen molar-refractivity contribution in [1.29, 1.82) is 0 Å². The van der Waals surface area contributed by atoms with Crippen LogP contribution in [0.1, 0.15) is 27.8 Å². The third-order valence-electron chi connectivity index (χ3n) is 6.62. The van der Waals surface area contributed by atoms with Gasteiger partial charge in [0.05, 0.1) is 7.11 Å². The molecular weight excluding hydrogens is 482 g/mol. The van der Waals surface area contributed by atoms with E-state index >= 15 is 0 Å². The number of rotatable bonds is 8. The topological polar surface area (TPSA) is 54.0 Å². The third-order valence-corrected chi connectivity index (χ3v) is 7.11. The van der Waals surface area contributed by atoms with Crippen molar-refractivity contribution in [1.82, 2.24) is 9.80 Å². The zero-order chi connectivity index (χ0) is 26.4. The van der Waals surface area contributed by atoms with Crippen molar-refractivity contribution < 1.29 is 14.3 Å². The molecule has 0 unspecified atom stereocenters. The van der Waals surface area contributed by atoms with Gasteiger partial charge >= 0.3 is 0 Å². The lowest BCUT2D eigenvalue weighted by atomic mass is 10.1. The van der Waals surface area contributed by atoms with E-state index in [2.05, 4.69) is 51.5 Å². The van der Waals surface area contributed by atoms with Crippen molar-refractivity contribution in [2.75, 3.05) is 45.2 Å². The van der Waals surface area contributed by atoms with Gasteiger partial charge in [0.15, 0.2) is 18.1 Å². The zero-order valence-electron chi connectivity index (χ0n) is 22.0. The smallest absolute Gasteiger partial charge is 0.262 e. The van der Waals surface area contributed by atoms with E-state index in [1.54, 1.807) is 7.11 Å². The van der Waals surface area contributed by atoms with Crippen molar-refractivity contribution in [3.05, 3.63) is 88.5 Å². The number of aryl methyl sites for hydroxylation is 3. The molecule has 0 aliphatic carbocycles. The number of ether oxygens (including phenoxy) is 2. The van der Waals surface area contributed by atoms with Crippen molar-refractivity contribution in [3.63, 3.8) is 0 Å². The van der Waals surface area contributed by atoms with Gasteiger partial charge < -0.3 is 19.7 Å². The molecule has 3 aromatic carbocycles. The van der Waals surface area contributed by atoms with Gasteiger partial charge in [0.2, 0.25) is 0 Å². The van der Waals surface area contributed by atoms with E-state index in [1.165, 1.54) is 11.1 Å². The fourth-order valence-electron chi connectivity index (χ4n) is 4.75. The zero-order valence-corrected chi connectivity index (χ0v) is 22.9. The molecule has 0 radical (unpaired) electrons. The van der Waals surface area contributed by atoms with Crippen LogP contribution in [-0.2, 0) is 11.3 Å². The Hall–Kier alpha value is -3.42. The number of benzene rings is 3. The highest BCUT2D eigenvalue weighted by atomic mass is 32.1. The number of nitrogens with zero attached hydrogens (tertiary/aromatic N) is 2. The highest BCUT2D eigenvalue weighted by Gasteiger charge is 2.21. The van der Waals surface area contributed by atoms with Crippen LogP contribution < -0.4 is 14.8 Å². The average molecular weight is 518 g/mol. The SMILES string of the molecule is COc1cc(C(=S)N2CCN(Cc3ccccc3)CC2)ccc1OCC(=O)Nc1c(C)cc(C)cc1C. The highest BCUT2D eigenvalue weighted by molar-refractivity contribution is 7.80. The number of methoxy groups -OCH3 is 1. The van der Waals surface area contributed by atoms with Gasteiger partial charge in [-0.25, -0.2) is 0 Å². The fraction of sp³-hybridized carbons (Fsp3) is 0.333. The molecule has 37 heavy (non-hydrogen) atoms. The van der Waals surface area contributed by atoms with Crippen molar-refractivity contribution in [2.24, 2.45) is 0 Å². The maximum absolute atomic E-state index is 12.6. The molecule has 0 atom stereocenters. The molecule has 1 N–H and O–H groups in total. The average Bonchev–Trinajstić information content (AvgIpc) is 2.90. The molecule has 6 nitrogen and oxygen atoms in total. The van der Waals surface area contributed by atoms with Gasteiger partial charge in [-0.3, -0.25) is 9.69 Å². The molecule has 1 saturated heterocycles. The van der Waals surface area contributed by atoms with Crippen molar-refractivity contribution in [3.8, 4) is 11.5 Å². The summed E-state index contributed by atoms with van der Waals surface area (Å²) < 4.78 is 11.4. The van der Waals surface area contributed by atoms with E-state index < -0.39 is 0 Å². The lowest BCUT2D eigenvalue weighted by Gasteiger charge is -2.36. The maximum atomic E-state index is 12.6. The second-order valence-corrected chi connectivity index (χ2v) is 9.92. The summed E-state index contributed by atoms with van der Waals surface area (Å²) in [6.07, 6.45) is 0. The Bertz CT molecular complexity index is 1230. The summed E-state index contributed by atoms with van der Waals surface area (Å²) in [5.74, 6) is 0.845. The van der Waals surface area contributed by atoms with E-state index in [1.807, 2.05) is 45.0 Å². The predicted octanol–water partition coefficient (Wildman–Crippen LogP) is 5.13. The minimum Gasteiger partial charge on any atom is -0.493 e. The van der Waals surface area contributed by atoms with E-state index in [0.29, 0.717) is 11.5 Å². The molecule has 0 aromatic heterocycles. The van der Waals surface area contributed by atoms with E-state index in [-0.39, 0.29) is 12.5 Å². The van der Waals surface area contributed by atoms with Crippen molar-refractivity contribution in [2.45, 2.75) is 27.3 Å². The van der Waals surface area contributed by atoms with Crippen LogP contribution in [0.3, 0.4) is 0 Å². The molecule has 0 saturated carbocycles. The van der Waals surface area contributed by atoms with E-state index in [4.69, 9.17) is 21.7 Å². The van der Waals surface area contributed by atoms with Crippen LogP contribution in [0.25, 0.3) is 0 Å². The van der Waals surface area contributed by atoms with Gasteiger partial charge in [0.25, 0.3) is 5.91 Å². The normalized spacial score (nSPS) is 13.8. The molecule has 194 valence electrons. The monoisotopic (exact) mass is 517 g/mol. The van der Waals surface area contributed by atoms with Crippen LogP contribution in [-0.4, -0.2) is 60.6 Å². The number of anilines is 1. The van der Waals surface area contributed by atoms with Gasteiger partial charge in [-0.1, -0.05) is 60.2 Å². The molecule has 0 bridgehead atoms. The van der Waals surface area contributed by atoms with Gasteiger partial charge in [-0.2, -0.15) is 0 Å². The number of nitrogens with one attached hydrogen (secondary N) is 1. The van der Waals surface area contributed by atoms with Crippen LogP contribution >= 0.6 is 12.2 Å². The van der Waals surface area contributed by atoms with Crippen molar-refractivity contribution >= 4 is 28.8 Å². The molecule has 0 spiro atoms. The Morgan fingerprint density at radius 2 is 1.59 bits per heavy atom. The molecular formula is C30H35N3O3S. The van der Waals surface area contributed by atoms with Crippen LogP contribution in [0.5, 0.6) is 11.5 Å². The van der Waals surface area contributed by atoms with Crippen LogP contribution in [0.4, 0.5) is 5.69 Å². The number of carbonyl (C=O) groups is 1. The van der Waals surface area contributed by atoms with Crippen LogP contribution in [0.15, 0.2) is 60.7 Å². The van der Waals surface area contributed by atoms with Gasteiger partial charge in [-0.15, -0.1) is 0 Å². The minimum atomic E-state index is -0.218. The lowest BCUT2D eigenvalue weighted by molar-refractivity contribution is -0.118. The lowest BCUT2D eigenvalue weighted by Crippen LogP contribution is -2.48. The highest BCUT2D eigenvalue weighted by Crippen LogP contribution is 2.29. The molecule has 1 fully saturated rings. The number of thiocarbonyl (C=S) groups is 1. The Balaban J connectivity index is 1.33. The number of piperazine rings is 1. The second kappa shape index (κ2) is 12.2. The summed E-state index contributed by atoms with van der Waals surface area (Å²) in [7, 11) is 1.59. The molecule has 1 heterocycles.